The van der Waals surface area contributed by atoms with Crippen LogP contribution in [0.25, 0.3) is 0 Å². The third-order valence-electron chi connectivity index (χ3n) is 1.13. The van der Waals surface area contributed by atoms with E-state index in [0.717, 1.165) is 0 Å². The van der Waals surface area contributed by atoms with E-state index in [0.29, 0.717) is 12.8 Å². The molecule has 0 amide bonds. The van der Waals surface area contributed by atoms with Crippen molar-refractivity contribution in [3.05, 3.63) is 0 Å². The predicted octanol–water partition coefficient (Wildman–Crippen LogP) is 1.39. The van der Waals surface area contributed by atoms with Crippen LogP contribution in [0.1, 0.15) is 19.8 Å². The number of alkyl halides is 3. The Morgan fingerprint density at radius 1 is 1.31 bits per heavy atom. The Bertz CT molecular complexity index is 224. The van der Waals surface area contributed by atoms with Crippen molar-refractivity contribution in [2.75, 3.05) is 6.54 Å². The van der Waals surface area contributed by atoms with Gasteiger partial charge in [0, 0.05) is 6.54 Å². The third kappa shape index (κ3) is 5.06. The monoisotopic (exact) mass is 222 g/mol. The Kier molecular flexibility index (Phi) is 6.30. The zero-order chi connectivity index (χ0) is 9.83. The summed E-state index contributed by atoms with van der Waals surface area (Å²) in [7, 11) is -5.12. The van der Waals surface area contributed by atoms with Gasteiger partial charge in [0.25, 0.3) is 0 Å². The number of unbranched alkanes of at least 4 members (excludes halogenated alkanes) is 1. The highest BCUT2D eigenvalue weighted by Crippen LogP contribution is 2.21. The van der Waals surface area contributed by atoms with Crippen molar-refractivity contribution in [2.24, 2.45) is 0 Å². The molecule has 0 saturated heterocycles. The summed E-state index contributed by atoms with van der Waals surface area (Å²) in [6.07, 6.45) is 1.04. The minimum absolute atomic E-state index is 0. The molecule has 4 N–H and O–H groups in total. The smallest absolute Gasteiger partial charge is 0.344 e. The number of hydrogen-bond donors (Lipinski definition) is 2. The quantitative estimate of drug-likeness (QED) is 0.705. The fraction of sp³-hybridized carbons (Fsp3) is 1.00. The number of hydrogen-bond acceptors (Lipinski definition) is 3. The number of halogens is 3. The summed E-state index contributed by atoms with van der Waals surface area (Å²) in [6, 6.07) is 0. The number of nitrogens with one attached hydrogen (secondary N) is 1. The van der Waals surface area contributed by atoms with Crippen LogP contribution in [-0.4, -0.2) is 20.5 Å². The first-order valence-corrected chi connectivity index (χ1v) is 4.85. The SMILES string of the molecule is CCCCNS(=O)(=O)C(F)(F)F.N. The fourth-order valence-corrected chi connectivity index (χ4v) is 1.04. The molecule has 0 aromatic carbocycles. The predicted molar refractivity (Wildman–Crippen MR) is 42.9 cm³/mol. The van der Waals surface area contributed by atoms with Crippen molar-refractivity contribution in [1.29, 1.82) is 0 Å². The lowest BCUT2D eigenvalue weighted by Crippen LogP contribution is -2.36. The van der Waals surface area contributed by atoms with Crippen LogP contribution in [-0.2, 0) is 10.0 Å². The maximum Gasteiger partial charge on any atom is 0.511 e. The van der Waals surface area contributed by atoms with Gasteiger partial charge in [0.15, 0.2) is 0 Å². The van der Waals surface area contributed by atoms with Gasteiger partial charge in [-0.25, -0.2) is 13.1 Å². The van der Waals surface area contributed by atoms with Crippen LogP contribution < -0.4 is 10.9 Å². The highest BCUT2D eigenvalue weighted by atomic mass is 32.2. The average molecular weight is 222 g/mol. The summed E-state index contributed by atoms with van der Waals surface area (Å²) in [5.41, 5.74) is -5.19. The minimum Gasteiger partial charge on any atom is -0.344 e. The molecule has 82 valence electrons. The van der Waals surface area contributed by atoms with E-state index in [1.54, 1.807) is 6.92 Å². The Morgan fingerprint density at radius 2 is 1.77 bits per heavy atom. The number of sulfonamides is 1. The molecular formula is C5H13F3N2O2S. The largest absolute Gasteiger partial charge is 0.511 e. The summed E-state index contributed by atoms with van der Waals surface area (Å²) < 4.78 is 56.9. The first-order chi connectivity index (χ1) is 5.31. The van der Waals surface area contributed by atoms with Gasteiger partial charge in [0.2, 0.25) is 0 Å². The van der Waals surface area contributed by atoms with Crippen LogP contribution in [0.15, 0.2) is 0 Å². The van der Waals surface area contributed by atoms with Crippen LogP contribution in [0.5, 0.6) is 0 Å². The van der Waals surface area contributed by atoms with Crippen LogP contribution >= 0.6 is 0 Å². The van der Waals surface area contributed by atoms with Crippen LogP contribution in [0.4, 0.5) is 13.2 Å². The van der Waals surface area contributed by atoms with Gasteiger partial charge in [-0.15, -0.1) is 0 Å². The van der Waals surface area contributed by atoms with Gasteiger partial charge in [-0.3, -0.25) is 0 Å². The van der Waals surface area contributed by atoms with Gasteiger partial charge >= 0.3 is 15.5 Å². The molecule has 0 radical (unpaired) electrons. The standard InChI is InChI=1S/C5H10F3NO2S.H3N/c1-2-3-4-9-12(10,11)5(6,7)8;/h9H,2-4H2,1H3;1H3. The highest BCUT2D eigenvalue weighted by Gasteiger charge is 2.45. The second kappa shape index (κ2) is 5.40. The molecule has 0 rings (SSSR count). The lowest BCUT2D eigenvalue weighted by Gasteiger charge is -2.08. The van der Waals surface area contributed by atoms with Crippen LogP contribution in [0, 0.1) is 0 Å². The molecule has 0 heterocycles. The van der Waals surface area contributed by atoms with Crippen molar-refractivity contribution in [2.45, 2.75) is 25.3 Å². The van der Waals surface area contributed by atoms with Gasteiger partial charge < -0.3 is 6.15 Å². The lowest BCUT2D eigenvalue weighted by molar-refractivity contribution is -0.0447. The highest BCUT2D eigenvalue weighted by molar-refractivity contribution is 7.90. The molecule has 0 atom stereocenters. The molecule has 0 aromatic heterocycles. The maximum absolute atomic E-state index is 11.6. The molecule has 0 unspecified atom stereocenters. The van der Waals surface area contributed by atoms with Gasteiger partial charge in [0.1, 0.15) is 0 Å². The number of rotatable bonds is 4. The summed E-state index contributed by atoms with van der Waals surface area (Å²) in [6.45, 7) is 1.58. The van der Waals surface area contributed by atoms with E-state index in [2.05, 4.69) is 0 Å². The van der Waals surface area contributed by atoms with Crippen molar-refractivity contribution < 1.29 is 21.6 Å². The molecule has 0 aliphatic rings. The Labute approximate surface area is 75.1 Å². The second-order valence-corrected chi connectivity index (χ2v) is 3.96. The van der Waals surface area contributed by atoms with Crippen molar-refractivity contribution in [1.82, 2.24) is 10.9 Å². The molecular weight excluding hydrogens is 209 g/mol. The Morgan fingerprint density at radius 3 is 2.08 bits per heavy atom. The average Bonchev–Trinajstić information content (AvgIpc) is 1.85. The molecule has 0 fully saturated rings. The lowest BCUT2D eigenvalue weighted by atomic mass is 10.3. The van der Waals surface area contributed by atoms with Crippen molar-refractivity contribution in [3.8, 4) is 0 Å². The molecule has 0 saturated carbocycles. The van der Waals surface area contributed by atoms with Gasteiger partial charge in [0.05, 0.1) is 0 Å². The van der Waals surface area contributed by atoms with Gasteiger partial charge in [-0.1, -0.05) is 13.3 Å². The van der Waals surface area contributed by atoms with Gasteiger partial charge in [-0.2, -0.15) is 13.2 Å². The normalized spacial score (nSPS) is 12.3. The summed E-state index contributed by atoms with van der Waals surface area (Å²) in [4.78, 5) is 0. The Hall–Kier alpha value is -0.340. The van der Waals surface area contributed by atoms with E-state index in [1.165, 1.54) is 4.72 Å². The molecule has 0 spiro atoms. The first kappa shape index (κ1) is 15.1. The van der Waals surface area contributed by atoms with Crippen molar-refractivity contribution >= 4 is 10.0 Å². The molecule has 8 heteroatoms. The third-order valence-corrected chi connectivity index (χ3v) is 2.32. The van der Waals surface area contributed by atoms with E-state index in [-0.39, 0.29) is 12.7 Å². The fourth-order valence-electron chi connectivity index (χ4n) is 0.465. The van der Waals surface area contributed by atoms with E-state index < -0.39 is 15.5 Å². The minimum atomic E-state index is -5.19. The summed E-state index contributed by atoms with van der Waals surface area (Å²) in [5.74, 6) is 0. The summed E-state index contributed by atoms with van der Waals surface area (Å²) in [5, 5.41) is 0. The summed E-state index contributed by atoms with van der Waals surface area (Å²) >= 11 is 0. The molecule has 0 aromatic rings. The molecule has 0 aliphatic heterocycles. The molecule has 0 bridgehead atoms. The molecule has 0 aliphatic carbocycles. The van der Waals surface area contributed by atoms with E-state index in [9.17, 15) is 21.6 Å². The molecule has 13 heavy (non-hydrogen) atoms. The zero-order valence-electron chi connectivity index (χ0n) is 7.19. The Balaban J connectivity index is 0. The first-order valence-electron chi connectivity index (χ1n) is 3.37. The van der Waals surface area contributed by atoms with Crippen LogP contribution in [0.2, 0.25) is 0 Å². The topological polar surface area (TPSA) is 81.2 Å². The van der Waals surface area contributed by atoms with Gasteiger partial charge in [-0.05, 0) is 6.42 Å². The zero-order valence-corrected chi connectivity index (χ0v) is 8.00. The maximum atomic E-state index is 11.6. The van der Waals surface area contributed by atoms with Crippen molar-refractivity contribution in [3.63, 3.8) is 0 Å². The van der Waals surface area contributed by atoms with E-state index in [4.69, 9.17) is 0 Å². The second-order valence-electron chi connectivity index (χ2n) is 2.20. The van der Waals surface area contributed by atoms with E-state index >= 15 is 0 Å². The van der Waals surface area contributed by atoms with Crippen LogP contribution in [0.3, 0.4) is 0 Å². The molecule has 4 nitrogen and oxygen atoms in total. The van der Waals surface area contributed by atoms with E-state index in [1.807, 2.05) is 0 Å².